The smallest absolute Gasteiger partial charge is 0.0336 e. The van der Waals surface area contributed by atoms with Crippen LogP contribution >= 0.6 is 0 Å². The van der Waals surface area contributed by atoms with Crippen LogP contribution in [-0.2, 0) is 0 Å². The van der Waals surface area contributed by atoms with Crippen molar-refractivity contribution in [3.63, 3.8) is 0 Å². The highest BCUT2D eigenvalue weighted by molar-refractivity contribution is 5.73. The van der Waals surface area contributed by atoms with E-state index in [1.165, 1.54) is 69.8 Å². The van der Waals surface area contributed by atoms with E-state index in [1.807, 2.05) is 27.0 Å². The molecule has 0 bridgehead atoms. The Hall–Kier alpha value is -1.11. The summed E-state index contributed by atoms with van der Waals surface area (Å²) in [5.41, 5.74) is 2.63. The number of rotatable bonds is 11. The zero-order valence-corrected chi connectivity index (χ0v) is 19.7. The topological polar surface area (TPSA) is 12.4 Å². The van der Waals surface area contributed by atoms with E-state index in [9.17, 15) is 0 Å². The molecule has 0 aromatic heterocycles. The maximum atomic E-state index is 4.22. The fourth-order valence-corrected chi connectivity index (χ4v) is 2.89. The standard InChI is InChI=1S/C14H28.C10H15N.C2H6/c1-4-7-10-13-14(11-8-5-2)12-9-6-3;1-3-4-10-6-5-9(2)11-8-7-10;1-2/h10,13-14H,4-9,11-12H2,1-3H3;5,7-8H,3-4,6H2,1-2H3;1-2H3/b13-10-;;. The molecule has 1 aliphatic heterocycles. The van der Waals surface area contributed by atoms with Gasteiger partial charge in [0, 0.05) is 11.9 Å². The second kappa shape index (κ2) is 22.9. The third-order valence-electron chi connectivity index (χ3n) is 4.54. The SMILES string of the molecule is CC.CCC/C=C\C(CCCC)CCCC.CCCC1=CC=NC(C)=CC1. The summed E-state index contributed by atoms with van der Waals surface area (Å²) in [5, 5.41) is 0. The minimum absolute atomic E-state index is 0.862. The van der Waals surface area contributed by atoms with Gasteiger partial charge < -0.3 is 0 Å². The Kier molecular flexibility index (Phi) is 23.9. The van der Waals surface area contributed by atoms with Crippen LogP contribution in [0.25, 0.3) is 0 Å². The second-order valence-electron chi connectivity index (χ2n) is 7.16. The predicted octanol–water partition coefficient (Wildman–Crippen LogP) is 9.46. The van der Waals surface area contributed by atoms with Crippen molar-refractivity contribution in [1.82, 2.24) is 0 Å². The van der Waals surface area contributed by atoms with Crippen LogP contribution in [-0.4, -0.2) is 6.21 Å². The minimum atomic E-state index is 0.862. The average molecular weight is 376 g/mol. The van der Waals surface area contributed by atoms with Crippen LogP contribution in [0.4, 0.5) is 0 Å². The summed E-state index contributed by atoms with van der Waals surface area (Å²) in [6, 6.07) is 0. The van der Waals surface area contributed by atoms with Gasteiger partial charge in [-0.05, 0) is 51.0 Å². The van der Waals surface area contributed by atoms with Crippen molar-refractivity contribution in [3.05, 3.63) is 35.6 Å². The van der Waals surface area contributed by atoms with Crippen molar-refractivity contribution >= 4 is 6.21 Å². The molecule has 0 radical (unpaired) electrons. The molecule has 1 rings (SSSR count). The summed E-state index contributed by atoms with van der Waals surface area (Å²) in [6.45, 7) is 15.1. The van der Waals surface area contributed by atoms with Crippen molar-refractivity contribution < 1.29 is 0 Å². The van der Waals surface area contributed by atoms with Crippen LogP contribution in [0.5, 0.6) is 0 Å². The Morgan fingerprint density at radius 2 is 1.59 bits per heavy atom. The third kappa shape index (κ3) is 19.5. The highest BCUT2D eigenvalue weighted by atomic mass is 14.7. The summed E-state index contributed by atoms with van der Waals surface area (Å²) in [6.07, 6.45) is 25.4. The van der Waals surface area contributed by atoms with E-state index in [-0.39, 0.29) is 0 Å². The molecule has 1 heterocycles. The van der Waals surface area contributed by atoms with E-state index >= 15 is 0 Å². The van der Waals surface area contributed by atoms with E-state index in [1.54, 1.807) is 0 Å². The third-order valence-corrected chi connectivity index (χ3v) is 4.54. The van der Waals surface area contributed by atoms with E-state index in [4.69, 9.17) is 0 Å². The van der Waals surface area contributed by atoms with Crippen LogP contribution in [0.15, 0.2) is 40.6 Å². The second-order valence-corrected chi connectivity index (χ2v) is 7.16. The van der Waals surface area contributed by atoms with Crippen molar-refractivity contribution in [1.29, 1.82) is 0 Å². The number of unbranched alkanes of at least 4 members (excludes halogenated alkanes) is 3. The van der Waals surface area contributed by atoms with Gasteiger partial charge in [0.15, 0.2) is 0 Å². The van der Waals surface area contributed by atoms with Gasteiger partial charge in [-0.3, -0.25) is 4.99 Å². The molecule has 1 nitrogen and oxygen atoms in total. The Labute approximate surface area is 172 Å². The Bertz CT molecular complexity index is 401. The number of hydrogen-bond donors (Lipinski definition) is 0. The lowest BCUT2D eigenvalue weighted by atomic mass is 9.95. The number of aliphatic imine (C=N–C) groups is 1. The van der Waals surface area contributed by atoms with E-state index in [0.717, 1.165) is 18.0 Å². The summed E-state index contributed by atoms with van der Waals surface area (Å²) < 4.78 is 0. The molecule has 0 unspecified atom stereocenters. The molecule has 0 atom stereocenters. The van der Waals surface area contributed by atoms with E-state index < -0.39 is 0 Å². The molecule has 0 N–H and O–H groups in total. The first-order valence-electron chi connectivity index (χ1n) is 11.7. The molecule has 0 spiro atoms. The van der Waals surface area contributed by atoms with Crippen LogP contribution < -0.4 is 0 Å². The van der Waals surface area contributed by atoms with Gasteiger partial charge >= 0.3 is 0 Å². The first-order valence-corrected chi connectivity index (χ1v) is 11.7. The van der Waals surface area contributed by atoms with Gasteiger partial charge in [0.1, 0.15) is 0 Å². The van der Waals surface area contributed by atoms with Gasteiger partial charge in [0.2, 0.25) is 0 Å². The zero-order valence-electron chi connectivity index (χ0n) is 19.7. The van der Waals surface area contributed by atoms with Gasteiger partial charge in [-0.1, -0.05) is 104 Å². The number of hydrogen-bond acceptors (Lipinski definition) is 1. The van der Waals surface area contributed by atoms with Crippen molar-refractivity contribution in [2.45, 2.75) is 119 Å². The molecular formula is C26H49N. The molecule has 0 aliphatic carbocycles. The Morgan fingerprint density at radius 1 is 0.963 bits per heavy atom. The molecule has 0 amide bonds. The summed E-state index contributed by atoms with van der Waals surface area (Å²) in [7, 11) is 0. The monoisotopic (exact) mass is 375 g/mol. The minimum Gasteiger partial charge on any atom is -0.262 e. The van der Waals surface area contributed by atoms with Gasteiger partial charge in [-0.25, -0.2) is 0 Å². The van der Waals surface area contributed by atoms with Gasteiger partial charge in [-0.15, -0.1) is 0 Å². The van der Waals surface area contributed by atoms with Crippen LogP contribution in [0, 0.1) is 5.92 Å². The fourth-order valence-electron chi connectivity index (χ4n) is 2.89. The first kappa shape index (κ1) is 28.1. The molecule has 0 aromatic rings. The molecule has 158 valence electrons. The van der Waals surface area contributed by atoms with E-state index in [2.05, 4.69) is 57.0 Å². The first-order chi connectivity index (χ1) is 13.2. The number of nitrogens with zero attached hydrogens (tertiary/aromatic N) is 1. The molecule has 1 heteroatoms. The lowest BCUT2D eigenvalue weighted by molar-refractivity contribution is 0.496. The van der Waals surface area contributed by atoms with Crippen LogP contribution in [0.3, 0.4) is 0 Å². The van der Waals surface area contributed by atoms with Crippen molar-refractivity contribution in [3.8, 4) is 0 Å². The summed E-state index contributed by atoms with van der Waals surface area (Å²) in [5.74, 6) is 0.862. The molecular weight excluding hydrogens is 326 g/mol. The molecule has 0 fully saturated rings. The van der Waals surface area contributed by atoms with E-state index in [0.29, 0.717) is 0 Å². The molecule has 0 saturated carbocycles. The van der Waals surface area contributed by atoms with Gasteiger partial charge in [0.25, 0.3) is 0 Å². The maximum absolute atomic E-state index is 4.22. The lowest BCUT2D eigenvalue weighted by Gasteiger charge is -2.11. The average Bonchev–Trinajstić information content (AvgIpc) is 2.90. The van der Waals surface area contributed by atoms with Crippen molar-refractivity contribution in [2.24, 2.45) is 10.9 Å². The molecule has 27 heavy (non-hydrogen) atoms. The van der Waals surface area contributed by atoms with Crippen LogP contribution in [0.2, 0.25) is 0 Å². The van der Waals surface area contributed by atoms with Gasteiger partial charge in [-0.2, -0.15) is 0 Å². The normalized spacial score (nSPS) is 13.3. The van der Waals surface area contributed by atoms with Gasteiger partial charge in [0.05, 0.1) is 0 Å². The fraction of sp³-hybridized carbons (Fsp3) is 0.731. The predicted molar refractivity (Wildman–Crippen MR) is 128 cm³/mol. The quantitative estimate of drug-likeness (QED) is 0.319. The molecule has 1 aliphatic rings. The summed E-state index contributed by atoms with van der Waals surface area (Å²) >= 11 is 0. The summed E-state index contributed by atoms with van der Waals surface area (Å²) in [4.78, 5) is 4.22. The molecule has 0 aromatic carbocycles. The Morgan fingerprint density at radius 3 is 2.11 bits per heavy atom. The lowest BCUT2D eigenvalue weighted by Crippen LogP contribution is -1.96. The molecule has 0 saturated heterocycles. The Balaban J connectivity index is 0. The highest BCUT2D eigenvalue weighted by Crippen LogP contribution is 2.18. The largest absolute Gasteiger partial charge is 0.262 e. The zero-order chi connectivity index (χ0) is 20.8. The maximum Gasteiger partial charge on any atom is 0.0336 e. The highest BCUT2D eigenvalue weighted by Gasteiger charge is 2.02. The number of allylic oxidation sites excluding steroid dienone is 6. The van der Waals surface area contributed by atoms with Crippen LogP contribution in [0.1, 0.15) is 119 Å². The van der Waals surface area contributed by atoms with Crippen molar-refractivity contribution in [2.75, 3.05) is 0 Å².